The summed E-state index contributed by atoms with van der Waals surface area (Å²) in [7, 11) is -3.54. The average Bonchev–Trinajstić information content (AvgIpc) is 2.59. The van der Waals surface area contributed by atoms with Crippen molar-refractivity contribution < 1.29 is 17.9 Å². The Bertz CT molecular complexity index is 946. The summed E-state index contributed by atoms with van der Waals surface area (Å²) in [5, 5.41) is 3.31. The van der Waals surface area contributed by atoms with E-state index in [1.54, 1.807) is 24.3 Å². The lowest BCUT2D eigenvalue weighted by Gasteiger charge is -2.34. The number of ether oxygens (including phenoxy) is 1. The van der Waals surface area contributed by atoms with Gasteiger partial charge in [-0.3, -0.25) is 9.10 Å². The van der Waals surface area contributed by atoms with Gasteiger partial charge in [0.05, 0.1) is 18.5 Å². The smallest absolute Gasteiger partial charge is 0.263 e. The van der Waals surface area contributed by atoms with Crippen LogP contribution in [-0.2, 0) is 21.4 Å². The molecule has 0 unspecified atom stereocenters. The zero-order valence-corrected chi connectivity index (χ0v) is 16.0. The fourth-order valence-corrected chi connectivity index (χ4v) is 3.86. The highest BCUT2D eigenvalue weighted by Crippen LogP contribution is 2.35. The van der Waals surface area contributed by atoms with Crippen LogP contribution in [0.25, 0.3) is 0 Å². The van der Waals surface area contributed by atoms with E-state index in [4.69, 9.17) is 16.3 Å². The van der Waals surface area contributed by atoms with E-state index in [0.717, 1.165) is 17.4 Å². The fourth-order valence-electron chi connectivity index (χ4n) is 2.75. The molecule has 26 heavy (non-hydrogen) atoms. The Balaban J connectivity index is 1.80. The number of nitrogens with one attached hydrogen (secondary N) is 1. The van der Waals surface area contributed by atoms with Crippen molar-refractivity contribution in [3.63, 3.8) is 0 Å². The second-order valence-corrected chi connectivity index (χ2v) is 8.49. The second-order valence-electron chi connectivity index (χ2n) is 6.18. The Kier molecular flexibility index (Phi) is 5.11. The van der Waals surface area contributed by atoms with Crippen LogP contribution in [0.1, 0.15) is 11.1 Å². The van der Waals surface area contributed by atoms with E-state index in [-0.39, 0.29) is 13.1 Å². The molecular formula is C18H19ClN2O4S. The first-order valence-corrected chi connectivity index (χ1v) is 10.2. The Morgan fingerprint density at radius 1 is 1.31 bits per heavy atom. The monoisotopic (exact) mass is 394 g/mol. The third-order valence-corrected chi connectivity index (χ3v) is 5.60. The number of anilines is 1. The molecule has 0 radical (unpaired) electrons. The minimum Gasteiger partial charge on any atom is -0.476 e. The lowest BCUT2D eigenvalue weighted by atomic mass is 10.1. The topological polar surface area (TPSA) is 75.7 Å². The molecule has 138 valence electrons. The molecule has 0 spiro atoms. The molecule has 2 aromatic rings. The van der Waals surface area contributed by atoms with Crippen LogP contribution >= 0.6 is 11.6 Å². The molecule has 0 fully saturated rings. The third-order valence-electron chi connectivity index (χ3n) is 4.09. The van der Waals surface area contributed by atoms with E-state index in [1.807, 2.05) is 25.1 Å². The normalized spacial score (nSPS) is 16.6. The first kappa shape index (κ1) is 18.5. The van der Waals surface area contributed by atoms with Gasteiger partial charge in [0.1, 0.15) is 5.75 Å². The van der Waals surface area contributed by atoms with E-state index in [1.165, 1.54) is 4.31 Å². The number of sulfonamides is 1. The van der Waals surface area contributed by atoms with E-state index in [9.17, 15) is 13.2 Å². The SMILES string of the molecule is Cc1ccc2c(c1)N(S(C)(=O)=O)C[C@@H](C(=O)NCc1ccccc1Cl)O2. The van der Waals surface area contributed by atoms with Crippen LogP contribution < -0.4 is 14.4 Å². The van der Waals surface area contributed by atoms with Crippen molar-refractivity contribution in [1.29, 1.82) is 0 Å². The maximum absolute atomic E-state index is 12.5. The number of nitrogens with zero attached hydrogens (tertiary/aromatic N) is 1. The van der Waals surface area contributed by atoms with Crippen molar-refractivity contribution in [2.45, 2.75) is 19.6 Å². The summed E-state index contributed by atoms with van der Waals surface area (Å²) < 4.78 is 31.3. The molecule has 0 bridgehead atoms. The Morgan fingerprint density at radius 2 is 2.04 bits per heavy atom. The molecule has 0 saturated carbocycles. The van der Waals surface area contributed by atoms with Gasteiger partial charge in [0.15, 0.2) is 6.10 Å². The number of rotatable bonds is 4. The number of benzene rings is 2. The minimum atomic E-state index is -3.54. The first-order chi connectivity index (χ1) is 12.3. The summed E-state index contributed by atoms with van der Waals surface area (Å²) >= 11 is 6.09. The predicted octanol–water partition coefficient (Wildman–Crippen LogP) is 2.49. The van der Waals surface area contributed by atoms with Crippen LogP contribution in [0.15, 0.2) is 42.5 Å². The number of carbonyl (C=O) groups is 1. The number of fused-ring (bicyclic) bond motifs is 1. The van der Waals surface area contributed by atoms with Gasteiger partial charge in [-0.15, -0.1) is 0 Å². The zero-order chi connectivity index (χ0) is 18.9. The summed E-state index contributed by atoms with van der Waals surface area (Å²) in [6.45, 7) is 2.02. The highest BCUT2D eigenvalue weighted by atomic mass is 35.5. The second kappa shape index (κ2) is 7.17. The fraction of sp³-hybridized carbons (Fsp3) is 0.278. The third kappa shape index (κ3) is 3.94. The van der Waals surface area contributed by atoms with Gasteiger partial charge in [-0.1, -0.05) is 35.9 Å². The Morgan fingerprint density at radius 3 is 2.73 bits per heavy atom. The molecule has 1 N–H and O–H groups in total. The van der Waals surface area contributed by atoms with Crippen molar-refractivity contribution >= 4 is 33.2 Å². The molecule has 6 nitrogen and oxygen atoms in total. The largest absolute Gasteiger partial charge is 0.476 e. The number of hydrogen-bond donors (Lipinski definition) is 1. The molecule has 1 aliphatic heterocycles. The van der Waals surface area contributed by atoms with Crippen LogP contribution in [0.4, 0.5) is 5.69 Å². The summed E-state index contributed by atoms with van der Waals surface area (Å²) in [6.07, 6.45) is 0.172. The predicted molar refractivity (Wildman–Crippen MR) is 101 cm³/mol. The molecule has 2 aromatic carbocycles. The number of hydrogen-bond acceptors (Lipinski definition) is 4. The van der Waals surface area contributed by atoms with Crippen LogP contribution in [-0.4, -0.2) is 33.2 Å². The van der Waals surface area contributed by atoms with Crippen molar-refractivity contribution in [2.24, 2.45) is 0 Å². The van der Waals surface area contributed by atoms with Crippen LogP contribution in [0.3, 0.4) is 0 Å². The van der Waals surface area contributed by atoms with E-state index in [2.05, 4.69) is 5.32 Å². The molecule has 1 aliphatic rings. The van der Waals surface area contributed by atoms with Crippen LogP contribution in [0.2, 0.25) is 5.02 Å². The summed E-state index contributed by atoms with van der Waals surface area (Å²) in [4.78, 5) is 12.5. The molecule has 0 saturated heterocycles. The molecule has 8 heteroatoms. The highest BCUT2D eigenvalue weighted by Gasteiger charge is 2.35. The Hall–Kier alpha value is -2.25. The number of carbonyl (C=O) groups excluding carboxylic acids is 1. The van der Waals surface area contributed by atoms with E-state index in [0.29, 0.717) is 16.5 Å². The van der Waals surface area contributed by atoms with Gasteiger partial charge < -0.3 is 10.1 Å². The van der Waals surface area contributed by atoms with Crippen LogP contribution in [0, 0.1) is 6.92 Å². The molecule has 1 heterocycles. The van der Waals surface area contributed by atoms with Crippen molar-refractivity contribution in [3.8, 4) is 5.75 Å². The van der Waals surface area contributed by atoms with Gasteiger partial charge in [-0.25, -0.2) is 8.42 Å². The van der Waals surface area contributed by atoms with Gasteiger partial charge >= 0.3 is 0 Å². The Labute approximate surface area is 157 Å². The number of aryl methyl sites for hydroxylation is 1. The maximum Gasteiger partial charge on any atom is 0.263 e. The van der Waals surface area contributed by atoms with Crippen molar-refractivity contribution in [2.75, 3.05) is 17.1 Å². The zero-order valence-electron chi connectivity index (χ0n) is 14.4. The lowest BCUT2D eigenvalue weighted by molar-refractivity contribution is -0.127. The van der Waals surface area contributed by atoms with Gasteiger partial charge in [-0.2, -0.15) is 0 Å². The standard InChI is InChI=1S/C18H19ClN2O4S/c1-12-7-8-16-15(9-12)21(26(2,23)24)11-17(25-16)18(22)20-10-13-5-3-4-6-14(13)19/h3-9,17H,10-11H2,1-2H3,(H,20,22)/t17-/m0/s1. The molecule has 0 aliphatic carbocycles. The van der Waals surface area contributed by atoms with Gasteiger partial charge in [-0.05, 0) is 36.2 Å². The van der Waals surface area contributed by atoms with Crippen LogP contribution in [0.5, 0.6) is 5.75 Å². The van der Waals surface area contributed by atoms with Crippen molar-refractivity contribution in [1.82, 2.24) is 5.32 Å². The summed E-state index contributed by atoms with van der Waals surface area (Å²) in [5.41, 5.74) is 2.12. The first-order valence-electron chi connectivity index (χ1n) is 8.02. The molecule has 1 atom stereocenters. The summed E-state index contributed by atoms with van der Waals surface area (Å²) in [6, 6.07) is 12.4. The minimum absolute atomic E-state index is 0.0797. The maximum atomic E-state index is 12.5. The quantitative estimate of drug-likeness (QED) is 0.864. The average molecular weight is 395 g/mol. The number of amides is 1. The van der Waals surface area contributed by atoms with E-state index >= 15 is 0 Å². The molecule has 1 amide bonds. The van der Waals surface area contributed by atoms with Gasteiger partial charge in [0, 0.05) is 11.6 Å². The van der Waals surface area contributed by atoms with E-state index < -0.39 is 22.0 Å². The molecule has 3 rings (SSSR count). The molecule has 0 aromatic heterocycles. The number of halogens is 1. The van der Waals surface area contributed by atoms with Gasteiger partial charge in [0.25, 0.3) is 5.91 Å². The van der Waals surface area contributed by atoms with Crippen molar-refractivity contribution in [3.05, 3.63) is 58.6 Å². The lowest BCUT2D eigenvalue weighted by Crippen LogP contribution is -2.50. The molecular weight excluding hydrogens is 376 g/mol. The summed E-state index contributed by atoms with van der Waals surface area (Å²) in [5.74, 6) is -0.0324. The van der Waals surface area contributed by atoms with Gasteiger partial charge in [0.2, 0.25) is 10.0 Å². The highest BCUT2D eigenvalue weighted by molar-refractivity contribution is 7.92.